The molecule has 1 rings (SSSR count). The Hall–Kier alpha value is -0.160. The lowest BCUT2D eigenvalue weighted by molar-refractivity contribution is -0.211. The fraction of sp³-hybridized carbons (Fsp3) is 1.00. The molecule has 0 aromatic rings. The van der Waals surface area contributed by atoms with Gasteiger partial charge in [-0.1, -0.05) is 0 Å². The zero-order valence-electron chi connectivity index (χ0n) is 6.64. The summed E-state index contributed by atoms with van der Waals surface area (Å²) in [5, 5.41) is 27.6. The summed E-state index contributed by atoms with van der Waals surface area (Å²) in [5.74, 6) is 0. The first-order chi connectivity index (χ1) is 5.04. The highest BCUT2D eigenvalue weighted by Gasteiger charge is 2.39. The van der Waals surface area contributed by atoms with E-state index in [1.807, 2.05) is 0 Å². The van der Waals surface area contributed by atoms with Crippen LogP contribution in [0.5, 0.6) is 0 Å². The molecule has 66 valence electrons. The van der Waals surface area contributed by atoms with Crippen LogP contribution in [-0.4, -0.2) is 45.8 Å². The molecular weight excluding hydrogens is 148 g/mol. The number of hydrogen-bond acceptors (Lipinski definition) is 4. The second kappa shape index (κ2) is 3.06. The minimum absolute atomic E-state index is 0.414. The van der Waals surface area contributed by atoms with Gasteiger partial charge in [-0.05, 0) is 13.8 Å². The summed E-state index contributed by atoms with van der Waals surface area (Å²) in [7, 11) is 0. The quantitative estimate of drug-likeness (QED) is 0.422. The van der Waals surface area contributed by atoms with Gasteiger partial charge in [0.15, 0.2) is 0 Å². The van der Waals surface area contributed by atoms with Crippen molar-refractivity contribution < 1.29 is 20.1 Å². The third kappa shape index (κ3) is 1.54. The van der Waals surface area contributed by atoms with Crippen LogP contribution in [0, 0.1) is 0 Å². The van der Waals surface area contributed by atoms with Crippen LogP contribution in [0.4, 0.5) is 0 Å². The summed E-state index contributed by atoms with van der Waals surface area (Å²) >= 11 is 0. The van der Waals surface area contributed by atoms with E-state index in [-0.39, 0.29) is 0 Å². The predicted octanol–water partition coefficient (Wildman–Crippen LogP) is -1.12. The second-order valence-electron chi connectivity index (χ2n) is 3.02. The van der Waals surface area contributed by atoms with E-state index in [2.05, 4.69) is 0 Å². The first-order valence-corrected chi connectivity index (χ1v) is 3.73. The van der Waals surface area contributed by atoms with Crippen molar-refractivity contribution in [3.63, 3.8) is 0 Å². The third-order valence-corrected chi connectivity index (χ3v) is 2.09. The monoisotopic (exact) mass is 162 g/mol. The van der Waals surface area contributed by atoms with Crippen LogP contribution in [0.3, 0.4) is 0 Å². The van der Waals surface area contributed by atoms with E-state index in [1.54, 1.807) is 13.8 Å². The molecule has 0 aromatic carbocycles. The first-order valence-electron chi connectivity index (χ1n) is 3.73. The van der Waals surface area contributed by atoms with Gasteiger partial charge < -0.3 is 20.1 Å². The van der Waals surface area contributed by atoms with E-state index >= 15 is 0 Å². The number of aliphatic hydroxyl groups excluding tert-OH is 3. The van der Waals surface area contributed by atoms with Gasteiger partial charge in [0, 0.05) is 0 Å². The molecule has 0 radical (unpaired) electrons. The van der Waals surface area contributed by atoms with Crippen molar-refractivity contribution in [1.82, 2.24) is 0 Å². The van der Waals surface area contributed by atoms with Gasteiger partial charge in [-0.2, -0.15) is 0 Å². The van der Waals surface area contributed by atoms with Gasteiger partial charge in [-0.15, -0.1) is 0 Å². The molecule has 11 heavy (non-hydrogen) atoms. The molecule has 1 aliphatic rings. The lowest BCUT2D eigenvalue weighted by Crippen LogP contribution is -2.55. The van der Waals surface area contributed by atoms with Gasteiger partial charge in [0.25, 0.3) is 0 Å². The van der Waals surface area contributed by atoms with E-state index in [1.165, 1.54) is 0 Å². The second-order valence-corrected chi connectivity index (χ2v) is 3.02. The zero-order valence-corrected chi connectivity index (χ0v) is 6.64. The predicted molar refractivity (Wildman–Crippen MR) is 38.0 cm³/mol. The lowest BCUT2D eigenvalue weighted by atomic mass is 9.97. The van der Waals surface area contributed by atoms with E-state index in [0.29, 0.717) is 0 Å². The summed E-state index contributed by atoms with van der Waals surface area (Å²) in [6.07, 6.45) is -3.89. The molecule has 0 spiro atoms. The molecule has 0 aromatic heterocycles. The van der Waals surface area contributed by atoms with E-state index in [0.717, 1.165) is 0 Å². The Kier molecular flexibility index (Phi) is 2.49. The molecule has 0 amide bonds. The largest absolute Gasteiger partial charge is 0.388 e. The molecule has 3 N–H and O–H groups in total. The molecule has 4 heteroatoms. The summed E-state index contributed by atoms with van der Waals surface area (Å²) < 4.78 is 5.12. The normalized spacial score (nSPS) is 52.6. The van der Waals surface area contributed by atoms with Gasteiger partial charge in [-0.3, -0.25) is 0 Å². The molecule has 5 atom stereocenters. The fourth-order valence-corrected chi connectivity index (χ4v) is 1.26. The number of ether oxygens (including phenoxy) is 1. The fourth-order valence-electron chi connectivity index (χ4n) is 1.26. The molecule has 0 saturated carbocycles. The smallest absolute Gasteiger partial charge is 0.111 e. The van der Waals surface area contributed by atoms with Gasteiger partial charge >= 0.3 is 0 Å². The summed E-state index contributed by atoms with van der Waals surface area (Å²) in [6, 6.07) is 0. The van der Waals surface area contributed by atoms with E-state index in [4.69, 9.17) is 4.74 Å². The van der Waals surface area contributed by atoms with Crippen LogP contribution in [0.15, 0.2) is 0 Å². The SMILES string of the molecule is CC1O[C@H](C)[C@H](O)C(O)[C@@H]1O. The van der Waals surface area contributed by atoms with Crippen LogP contribution in [-0.2, 0) is 4.74 Å². The van der Waals surface area contributed by atoms with Crippen LogP contribution < -0.4 is 0 Å². The molecule has 2 unspecified atom stereocenters. The van der Waals surface area contributed by atoms with Crippen LogP contribution in [0.2, 0.25) is 0 Å². The van der Waals surface area contributed by atoms with Crippen molar-refractivity contribution in [1.29, 1.82) is 0 Å². The molecule has 0 bridgehead atoms. The van der Waals surface area contributed by atoms with E-state index < -0.39 is 30.5 Å². The highest BCUT2D eigenvalue weighted by molar-refractivity contribution is 4.88. The highest BCUT2D eigenvalue weighted by Crippen LogP contribution is 2.19. The van der Waals surface area contributed by atoms with Gasteiger partial charge in [0.05, 0.1) is 12.2 Å². The molecule has 1 saturated heterocycles. The Morgan fingerprint density at radius 2 is 1.18 bits per heavy atom. The van der Waals surface area contributed by atoms with Crippen molar-refractivity contribution >= 4 is 0 Å². The topological polar surface area (TPSA) is 69.9 Å². The average Bonchev–Trinajstić information content (AvgIpc) is 1.97. The van der Waals surface area contributed by atoms with Crippen molar-refractivity contribution in [2.75, 3.05) is 0 Å². The van der Waals surface area contributed by atoms with Gasteiger partial charge in [0.1, 0.15) is 18.3 Å². The maximum absolute atomic E-state index is 9.21. The maximum Gasteiger partial charge on any atom is 0.111 e. The van der Waals surface area contributed by atoms with Crippen molar-refractivity contribution in [3.8, 4) is 0 Å². The Morgan fingerprint density at radius 1 is 0.818 bits per heavy atom. The minimum Gasteiger partial charge on any atom is -0.388 e. The molecule has 1 heterocycles. The molecule has 4 nitrogen and oxygen atoms in total. The lowest BCUT2D eigenvalue weighted by Gasteiger charge is -2.37. The van der Waals surface area contributed by atoms with Crippen molar-refractivity contribution in [3.05, 3.63) is 0 Å². The minimum atomic E-state index is -1.09. The first kappa shape index (κ1) is 8.93. The number of hydrogen-bond donors (Lipinski definition) is 3. The number of rotatable bonds is 0. The Bertz CT molecular complexity index is 124. The Morgan fingerprint density at radius 3 is 1.55 bits per heavy atom. The molecule has 0 aliphatic carbocycles. The summed E-state index contributed by atoms with van der Waals surface area (Å²) in [6.45, 7) is 3.33. The number of aliphatic hydroxyl groups is 3. The van der Waals surface area contributed by atoms with Crippen LogP contribution >= 0.6 is 0 Å². The van der Waals surface area contributed by atoms with Crippen molar-refractivity contribution in [2.45, 2.75) is 44.4 Å². The molecular formula is C7H14O4. The Labute approximate surface area is 65.4 Å². The highest BCUT2D eigenvalue weighted by atomic mass is 16.5. The standard InChI is InChI=1S/C7H14O4/c1-3-5(8)7(10)6(9)4(2)11-3/h3-10H,1-2H3/t3-,4?,5+,6-,7?/m1/s1. The Balaban J connectivity index is 2.63. The van der Waals surface area contributed by atoms with Gasteiger partial charge in [-0.25, -0.2) is 0 Å². The summed E-state index contributed by atoms with van der Waals surface area (Å²) in [5.41, 5.74) is 0. The van der Waals surface area contributed by atoms with E-state index in [9.17, 15) is 15.3 Å². The molecule has 1 aliphatic heterocycles. The maximum atomic E-state index is 9.21. The van der Waals surface area contributed by atoms with Crippen LogP contribution in [0.1, 0.15) is 13.8 Å². The van der Waals surface area contributed by atoms with Gasteiger partial charge in [0.2, 0.25) is 0 Å². The van der Waals surface area contributed by atoms with Crippen molar-refractivity contribution in [2.24, 2.45) is 0 Å². The average molecular weight is 162 g/mol. The summed E-state index contributed by atoms with van der Waals surface area (Å²) in [4.78, 5) is 0. The van der Waals surface area contributed by atoms with Crippen LogP contribution in [0.25, 0.3) is 0 Å². The zero-order chi connectivity index (χ0) is 8.59. The third-order valence-electron chi connectivity index (χ3n) is 2.09. The molecule has 1 fully saturated rings.